The van der Waals surface area contributed by atoms with Crippen molar-refractivity contribution in [3.05, 3.63) is 77.4 Å². The van der Waals surface area contributed by atoms with Crippen LogP contribution < -0.4 is 0 Å². The van der Waals surface area contributed by atoms with E-state index in [9.17, 15) is 0 Å². The number of hydrogen-bond donors (Lipinski definition) is 0. The lowest BCUT2D eigenvalue weighted by Crippen LogP contribution is -2.35. The highest BCUT2D eigenvalue weighted by molar-refractivity contribution is 5.67. The fourth-order valence-corrected chi connectivity index (χ4v) is 3.41. The van der Waals surface area contributed by atoms with Gasteiger partial charge < -0.3 is 0 Å². The maximum atomic E-state index is 2.56. The lowest BCUT2D eigenvalue weighted by atomic mass is 9.85. The first kappa shape index (κ1) is 17.0. The van der Waals surface area contributed by atoms with Crippen molar-refractivity contribution in [3.8, 4) is 0 Å². The average Bonchev–Trinajstić information content (AvgIpc) is 2.57. The molecule has 1 heteroatoms. The third-order valence-corrected chi connectivity index (χ3v) is 5.04. The van der Waals surface area contributed by atoms with E-state index in [4.69, 9.17) is 0 Å². The maximum absolute atomic E-state index is 2.56. The Kier molecular flexibility index (Phi) is 4.91. The van der Waals surface area contributed by atoms with Crippen molar-refractivity contribution in [1.29, 1.82) is 0 Å². The maximum Gasteiger partial charge on any atom is 0.0259 e. The van der Waals surface area contributed by atoms with E-state index < -0.39 is 0 Å². The first-order valence-electron chi connectivity index (χ1n) is 9.03. The van der Waals surface area contributed by atoms with E-state index in [1.54, 1.807) is 0 Å². The molecule has 0 bridgehead atoms. The molecule has 2 aromatic carbocycles. The molecule has 1 unspecified atom stereocenters. The summed E-state index contributed by atoms with van der Waals surface area (Å²) >= 11 is 0. The number of benzene rings is 2. The molecule has 0 N–H and O–H groups in total. The quantitative estimate of drug-likeness (QED) is 0.705. The van der Waals surface area contributed by atoms with Crippen LogP contribution in [0.25, 0.3) is 5.57 Å². The van der Waals surface area contributed by atoms with Gasteiger partial charge in [0.2, 0.25) is 0 Å². The topological polar surface area (TPSA) is 3.24 Å². The number of rotatable bonds is 3. The minimum absolute atomic E-state index is 0.221. The van der Waals surface area contributed by atoms with Gasteiger partial charge in [-0.2, -0.15) is 0 Å². The zero-order chi connectivity index (χ0) is 17.2. The van der Waals surface area contributed by atoms with Gasteiger partial charge in [0.25, 0.3) is 0 Å². The molecule has 0 aliphatic carbocycles. The highest BCUT2D eigenvalue weighted by Crippen LogP contribution is 2.29. The van der Waals surface area contributed by atoms with Gasteiger partial charge in [0.05, 0.1) is 0 Å². The Hall–Kier alpha value is -1.86. The third kappa shape index (κ3) is 3.96. The van der Waals surface area contributed by atoms with E-state index in [2.05, 4.69) is 93.3 Å². The summed E-state index contributed by atoms with van der Waals surface area (Å²) < 4.78 is 0. The molecule has 3 rings (SSSR count). The minimum Gasteiger partial charge on any atom is -0.293 e. The van der Waals surface area contributed by atoms with Gasteiger partial charge in [0, 0.05) is 19.1 Å². The van der Waals surface area contributed by atoms with E-state index in [0.29, 0.717) is 6.04 Å². The van der Waals surface area contributed by atoms with E-state index in [-0.39, 0.29) is 5.41 Å². The van der Waals surface area contributed by atoms with Crippen LogP contribution in [-0.2, 0) is 12.0 Å². The van der Waals surface area contributed by atoms with Crippen LogP contribution in [0.5, 0.6) is 0 Å². The average molecular weight is 319 g/mol. The van der Waals surface area contributed by atoms with E-state index in [1.165, 1.54) is 22.3 Å². The number of hydrogen-bond acceptors (Lipinski definition) is 1. The van der Waals surface area contributed by atoms with Crippen LogP contribution in [0.15, 0.2) is 60.7 Å². The van der Waals surface area contributed by atoms with E-state index in [0.717, 1.165) is 19.5 Å². The molecule has 2 aromatic rings. The van der Waals surface area contributed by atoms with Crippen molar-refractivity contribution in [3.63, 3.8) is 0 Å². The molecule has 0 radical (unpaired) electrons. The molecule has 1 heterocycles. The second-order valence-electron chi connectivity index (χ2n) is 7.97. The van der Waals surface area contributed by atoms with E-state index >= 15 is 0 Å². The second kappa shape index (κ2) is 6.94. The summed E-state index contributed by atoms with van der Waals surface area (Å²) in [7, 11) is 0. The summed E-state index contributed by atoms with van der Waals surface area (Å²) in [5.41, 5.74) is 5.90. The molecule has 0 spiro atoms. The molecule has 1 aliphatic rings. The summed E-state index contributed by atoms with van der Waals surface area (Å²) in [5, 5.41) is 0. The summed E-state index contributed by atoms with van der Waals surface area (Å²) in [4.78, 5) is 2.56. The lowest BCUT2D eigenvalue weighted by Gasteiger charge is -2.32. The summed E-state index contributed by atoms with van der Waals surface area (Å²) in [5.74, 6) is 0. The largest absolute Gasteiger partial charge is 0.293 e. The van der Waals surface area contributed by atoms with Crippen molar-refractivity contribution in [2.24, 2.45) is 0 Å². The molecular formula is C23H29N. The van der Waals surface area contributed by atoms with Gasteiger partial charge >= 0.3 is 0 Å². The molecule has 126 valence electrons. The van der Waals surface area contributed by atoms with Gasteiger partial charge in [-0.15, -0.1) is 0 Å². The standard InChI is InChI=1S/C23H29N/c1-18-16-21(20-10-12-22(13-11-20)23(2,3)4)14-15-24(18)17-19-8-6-5-7-9-19/h5-13,16,18H,14-15,17H2,1-4H3. The predicted octanol–water partition coefficient (Wildman–Crippen LogP) is 5.66. The van der Waals surface area contributed by atoms with Crippen molar-refractivity contribution in [2.75, 3.05) is 6.54 Å². The number of nitrogens with zero attached hydrogens (tertiary/aromatic N) is 1. The van der Waals surface area contributed by atoms with Crippen LogP contribution in [-0.4, -0.2) is 17.5 Å². The molecule has 0 fully saturated rings. The Morgan fingerprint density at radius 3 is 2.21 bits per heavy atom. The van der Waals surface area contributed by atoms with E-state index in [1.807, 2.05) is 0 Å². The molecule has 0 saturated carbocycles. The van der Waals surface area contributed by atoms with Crippen molar-refractivity contribution < 1.29 is 0 Å². The van der Waals surface area contributed by atoms with Gasteiger partial charge in [0.15, 0.2) is 0 Å². The SMILES string of the molecule is CC1C=C(c2ccc(C(C)(C)C)cc2)CCN1Cc1ccccc1. The van der Waals surface area contributed by atoms with Crippen LogP contribution in [0.3, 0.4) is 0 Å². The highest BCUT2D eigenvalue weighted by Gasteiger charge is 2.20. The van der Waals surface area contributed by atoms with Crippen molar-refractivity contribution >= 4 is 5.57 Å². The van der Waals surface area contributed by atoms with Crippen molar-refractivity contribution in [2.45, 2.75) is 52.1 Å². The zero-order valence-corrected chi connectivity index (χ0v) is 15.4. The first-order valence-corrected chi connectivity index (χ1v) is 9.03. The summed E-state index contributed by atoms with van der Waals surface area (Å²) in [6.45, 7) is 11.3. The molecule has 0 saturated heterocycles. The summed E-state index contributed by atoms with van der Waals surface area (Å²) in [6, 6.07) is 20.4. The molecule has 1 atom stereocenters. The molecule has 0 aromatic heterocycles. The monoisotopic (exact) mass is 319 g/mol. The fourth-order valence-electron chi connectivity index (χ4n) is 3.41. The first-order chi connectivity index (χ1) is 11.4. The lowest BCUT2D eigenvalue weighted by molar-refractivity contribution is 0.230. The van der Waals surface area contributed by atoms with Crippen LogP contribution in [0, 0.1) is 0 Å². The van der Waals surface area contributed by atoms with Crippen LogP contribution in [0.1, 0.15) is 50.8 Å². The van der Waals surface area contributed by atoms with Gasteiger partial charge in [-0.3, -0.25) is 4.90 Å². The van der Waals surface area contributed by atoms with Gasteiger partial charge in [-0.25, -0.2) is 0 Å². The smallest absolute Gasteiger partial charge is 0.0259 e. The Bertz CT molecular complexity index is 689. The minimum atomic E-state index is 0.221. The normalized spacial score (nSPS) is 19.2. The second-order valence-corrected chi connectivity index (χ2v) is 7.97. The molecule has 1 aliphatic heterocycles. The van der Waals surface area contributed by atoms with Gasteiger partial charge in [-0.05, 0) is 41.0 Å². The van der Waals surface area contributed by atoms with Crippen LogP contribution in [0.4, 0.5) is 0 Å². The Morgan fingerprint density at radius 2 is 1.62 bits per heavy atom. The Balaban J connectivity index is 1.71. The van der Waals surface area contributed by atoms with Crippen LogP contribution in [0.2, 0.25) is 0 Å². The molecule has 0 amide bonds. The van der Waals surface area contributed by atoms with Gasteiger partial charge in [-0.1, -0.05) is 81.4 Å². The van der Waals surface area contributed by atoms with Gasteiger partial charge in [0.1, 0.15) is 0 Å². The Labute approximate surface area is 147 Å². The fraction of sp³-hybridized carbons (Fsp3) is 0.391. The highest BCUT2D eigenvalue weighted by atomic mass is 15.1. The molecular weight excluding hydrogens is 290 g/mol. The third-order valence-electron chi connectivity index (χ3n) is 5.04. The predicted molar refractivity (Wildman–Crippen MR) is 104 cm³/mol. The van der Waals surface area contributed by atoms with Crippen LogP contribution >= 0.6 is 0 Å². The molecule has 24 heavy (non-hydrogen) atoms. The zero-order valence-electron chi connectivity index (χ0n) is 15.4. The summed E-state index contributed by atoms with van der Waals surface area (Å²) in [6.07, 6.45) is 3.57. The van der Waals surface area contributed by atoms with Crippen molar-refractivity contribution in [1.82, 2.24) is 4.90 Å². The Morgan fingerprint density at radius 1 is 0.958 bits per heavy atom. The molecule has 1 nitrogen and oxygen atoms in total.